The maximum absolute atomic E-state index is 6.19. The Balaban J connectivity index is 1.56. The van der Waals surface area contributed by atoms with E-state index in [-0.39, 0.29) is 0 Å². The summed E-state index contributed by atoms with van der Waals surface area (Å²) in [6.45, 7) is 2.43. The lowest BCUT2D eigenvalue weighted by Crippen LogP contribution is -2.52. The van der Waals surface area contributed by atoms with Crippen LogP contribution in [0.4, 0.5) is 0 Å². The zero-order valence-corrected chi connectivity index (χ0v) is 10.4. The molecule has 0 aromatic heterocycles. The van der Waals surface area contributed by atoms with Crippen molar-refractivity contribution in [3.63, 3.8) is 0 Å². The molecule has 2 nitrogen and oxygen atoms in total. The summed E-state index contributed by atoms with van der Waals surface area (Å²) in [5.74, 6) is 6.12. The zero-order chi connectivity index (χ0) is 11.5. The normalized spacial score (nSPS) is 68.9. The van der Waals surface area contributed by atoms with Gasteiger partial charge in [-0.25, -0.2) is 0 Å². The van der Waals surface area contributed by atoms with Gasteiger partial charge < -0.3 is 9.47 Å². The molecule has 7 rings (SSSR count). The van der Waals surface area contributed by atoms with Crippen molar-refractivity contribution in [2.45, 2.75) is 6.10 Å². The molecule has 94 valence electrons. The Bertz CT molecular complexity index is 455. The maximum atomic E-state index is 6.19. The van der Waals surface area contributed by atoms with Gasteiger partial charge in [-0.15, -0.1) is 0 Å². The molecule has 0 aromatic carbocycles. The molecule has 8 bridgehead atoms. The third kappa shape index (κ3) is 0.663. The molecule has 18 heavy (non-hydrogen) atoms. The van der Waals surface area contributed by atoms with Gasteiger partial charge >= 0.3 is 0 Å². The highest BCUT2D eigenvalue weighted by Crippen LogP contribution is 2.85. The Morgan fingerprint density at radius 2 is 1.61 bits per heavy atom. The summed E-state index contributed by atoms with van der Waals surface area (Å²) in [6.07, 6.45) is 10.5. The molecule has 4 saturated carbocycles. The Morgan fingerprint density at radius 3 is 2.22 bits per heavy atom. The Labute approximate surface area is 107 Å². The quantitative estimate of drug-likeness (QED) is 0.654. The van der Waals surface area contributed by atoms with E-state index < -0.39 is 0 Å². The second kappa shape index (κ2) is 2.64. The van der Waals surface area contributed by atoms with Crippen LogP contribution in [-0.2, 0) is 9.47 Å². The van der Waals surface area contributed by atoms with Crippen LogP contribution in [0.25, 0.3) is 0 Å². The van der Waals surface area contributed by atoms with Gasteiger partial charge in [0, 0.05) is 5.41 Å². The third-order valence-corrected chi connectivity index (χ3v) is 7.18. The molecule has 0 aromatic rings. The van der Waals surface area contributed by atoms with E-state index in [2.05, 4.69) is 24.3 Å². The average molecular weight is 242 g/mol. The Hall–Kier alpha value is -0.600. The molecular formula is C16H18O2. The van der Waals surface area contributed by atoms with Crippen LogP contribution in [0.2, 0.25) is 0 Å². The Kier molecular flexibility index (Phi) is 1.37. The molecule has 1 saturated heterocycles. The summed E-state index contributed by atoms with van der Waals surface area (Å²) in [5, 5.41) is 0. The number of ether oxygens (including phenoxy) is 2. The van der Waals surface area contributed by atoms with Crippen LogP contribution in [-0.4, -0.2) is 25.9 Å². The van der Waals surface area contributed by atoms with Crippen molar-refractivity contribution in [3.8, 4) is 0 Å². The maximum Gasteiger partial charge on any atom is 0.0880 e. The van der Waals surface area contributed by atoms with Gasteiger partial charge in [0.25, 0.3) is 0 Å². The fourth-order valence-electron chi connectivity index (χ4n) is 7.21. The molecule has 0 spiro atoms. The molecule has 0 radical (unpaired) electrons. The molecule has 9 atom stereocenters. The van der Waals surface area contributed by atoms with E-state index >= 15 is 0 Å². The molecule has 5 fully saturated rings. The van der Waals surface area contributed by atoms with E-state index in [0.717, 1.165) is 61.2 Å². The highest BCUT2D eigenvalue weighted by molar-refractivity contribution is 5.44. The average Bonchev–Trinajstić information content (AvgIpc) is 3.20. The first-order chi connectivity index (χ1) is 8.94. The van der Waals surface area contributed by atoms with Crippen molar-refractivity contribution in [2.24, 2.45) is 46.8 Å². The van der Waals surface area contributed by atoms with Gasteiger partial charge in [-0.1, -0.05) is 24.3 Å². The van der Waals surface area contributed by atoms with Crippen LogP contribution in [0, 0.1) is 46.8 Å². The van der Waals surface area contributed by atoms with Crippen LogP contribution >= 0.6 is 0 Å². The van der Waals surface area contributed by atoms with Crippen molar-refractivity contribution in [1.82, 2.24) is 0 Å². The summed E-state index contributed by atoms with van der Waals surface area (Å²) in [6, 6.07) is 0. The minimum Gasteiger partial charge on any atom is -0.376 e. The second-order valence-corrected chi connectivity index (χ2v) is 7.09. The van der Waals surface area contributed by atoms with Crippen molar-refractivity contribution >= 4 is 0 Å². The molecular weight excluding hydrogens is 224 g/mol. The van der Waals surface area contributed by atoms with Gasteiger partial charge in [0.15, 0.2) is 0 Å². The van der Waals surface area contributed by atoms with Crippen molar-refractivity contribution < 1.29 is 9.47 Å². The van der Waals surface area contributed by atoms with Gasteiger partial charge in [-0.2, -0.15) is 0 Å². The SMILES string of the molecule is C1=C[C@H]2C3C4[C@@H]5C=C[C@H]4C2(C2COCCO2)C5[C@H]13. The lowest BCUT2D eigenvalue weighted by atomic mass is 9.60. The van der Waals surface area contributed by atoms with Gasteiger partial charge in [0.2, 0.25) is 0 Å². The minimum absolute atomic E-state index is 0.364. The first-order valence-electron chi connectivity index (χ1n) is 7.50. The van der Waals surface area contributed by atoms with E-state index in [9.17, 15) is 0 Å². The van der Waals surface area contributed by atoms with Gasteiger partial charge in [0.1, 0.15) is 0 Å². The van der Waals surface area contributed by atoms with E-state index in [1.54, 1.807) is 0 Å². The van der Waals surface area contributed by atoms with E-state index in [0.29, 0.717) is 11.5 Å². The topological polar surface area (TPSA) is 18.5 Å². The van der Waals surface area contributed by atoms with Crippen LogP contribution in [0.1, 0.15) is 0 Å². The highest BCUT2D eigenvalue weighted by atomic mass is 16.6. The standard InChI is InChI=1S/C16H18O2/c1-3-10-13-8(1)15-9-2-4-11(14(9)13)16(10,15)12-7-17-5-6-18-12/h1-4,8-15H,5-7H2/t8-,9+,10+,11-,12?,13?,14?,15?,16?. The van der Waals surface area contributed by atoms with Crippen LogP contribution < -0.4 is 0 Å². The van der Waals surface area contributed by atoms with Crippen LogP contribution in [0.3, 0.4) is 0 Å². The number of hydrogen-bond acceptors (Lipinski definition) is 2. The van der Waals surface area contributed by atoms with Crippen molar-refractivity contribution in [2.75, 3.05) is 19.8 Å². The zero-order valence-electron chi connectivity index (χ0n) is 10.4. The van der Waals surface area contributed by atoms with Crippen LogP contribution in [0.5, 0.6) is 0 Å². The molecule has 1 aliphatic heterocycles. The highest BCUT2D eigenvalue weighted by Gasteiger charge is 2.83. The second-order valence-electron chi connectivity index (χ2n) is 7.09. The minimum atomic E-state index is 0.364. The fraction of sp³-hybridized carbons (Fsp3) is 0.750. The monoisotopic (exact) mass is 242 g/mol. The molecule has 0 amide bonds. The molecule has 7 aliphatic rings. The molecule has 1 heterocycles. The number of rotatable bonds is 1. The predicted molar refractivity (Wildman–Crippen MR) is 65.7 cm³/mol. The fourth-order valence-corrected chi connectivity index (χ4v) is 7.21. The summed E-state index contributed by atoms with van der Waals surface area (Å²) >= 11 is 0. The summed E-state index contributed by atoms with van der Waals surface area (Å²) in [4.78, 5) is 0. The van der Waals surface area contributed by atoms with E-state index in [1.165, 1.54) is 0 Å². The van der Waals surface area contributed by atoms with E-state index in [4.69, 9.17) is 9.47 Å². The largest absolute Gasteiger partial charge is 0.376 e. The van der Waals surface area contributed by atoms with Gasteiger partial charge in [-0.05, 0) is 41.4 Å². The van der Waals surface area contributed by atoms with Gasteiger partial charge in [0.05, 0.1) is 25.9 Å². The Morgan fingerprint density at radius 1 is 0.889 bits per heavy atom. The van der Waals surface area contributed by atoms with Crippen molar-refractivity contribution in [1.29, 1.82) is 0 Å². The first-order valence-corrected chi connectivity index (χ1v) is 7.50. The van der Waals surface area contributed by atoms with E-state index in [1.807, 2.05) is 0 Å². The lowest BCUT2D eigenvalue weighted by Gasteiger charge is -2.49. The molecule has 0 N–H and O–H groups in total. The predicted octanol–water partition coefficient (Wildman–Crippen LogP) is 1.88. The smallest absolute Gasteiger partial charge is 0.0880 e. The summed E-state index contributed by atoms with van der Waals surface area (Å²) < 4.78 is 11.9. The molecule has 6 aliphatic carbocycles. The number of allylic oxidation sites excluding steroid dienone is 4. The number of hydrogen-bond donors (Lipinski definition) is 0. The summed E-state index contributed by atoms with van der Waals surface area (Å²) in [5.41, 5.74) is 0.425. The lowest BCUT2D eigenvalue weighted by molar-refractivity contribution is -0.164. The molecule has 2 heteroatoms. The third-order valence-electron chi connectivity index (χ3n) is 7.18. The molecule has 5 unspecified atom stereocenters. The van der Waals surface area contributed by atoms with Gasteiger partial charge in [-0.3, -0.25) is 0 Å². The van der Waals surface area contributed by atoms with Crippen LogP contribution in [0.15, 0.2) is 24.3 Å². The van der Waals surface area contributed by atoms with Crippen molar-refractivity contribution in [3.05, 3.63) is 24.3 Å². The summed E-state index contributed by atoms with van der Waals surface area (Å²) in [7, 11) is 0. The first kappa shape index (κ1) is 9.33.